The van der Waals surface area contributed by atoms with Gasteiger partial charge in [0.05, 0.1) is 21.3 Å². The monoisotopic (exact) mass is 327 g/mol. The number of carbonyl (C=O) groups excluding carboxylic acids is 1. The summed E-state index contributed by atoms with van der Waals surface area (Å²) in [5, 5.41) is 5.67. The van der Waals surface area contributed by atoms with Crippen molar-refractivity contribution >= 4 is 40.6 Å². The fourth-order valence-corrected chi connectivity index (χ4v) is 2.09. The molecule has 0 saturated carbocycles. The number of aromatic nitrogens is 1. The summed E-state index contributed by atoms with van der Waals surface area (Å²) < 4.78 is 13.7. The van der Waals surface area contributed by atoms with E-state index < -0.39 is 11.7 Å². The van der Waals surface area contributed by atoms with Gasteiger partial charge in [-0.2, -0.15) is 0 Å². The maximum absolute atomic E-state index is 13.7. The quantitative estimate of drug-likeness (QED) is 0.884. The summed E-state index contributed by atoms with van der Waals surface area (Å²) in [5.41, 5.74) is 0.101. The number of nitrogens with zero attached hydrogens (tertiary/aromatic N) is 1. The van der Waals surface area contributed by atoms with Gasteiger partial charge in [0.2, 0.25) is 0 Å². The Bertz CT molecular complexity index is 659. The lowest BCUT2D eigenvalue weighted by Crippen LogP contribution is -2.15. The number of benzene rings is 1. The number of hydrogen-bond acceptors (Lipinski definition) is 3. The maximum atomic E-state index is 13.7. The molecule has 2 aromatic rings. The van der Waals surface area contributed by atoms with Crippen molar-refractivity contribution in [2.75, 3.05) is 17.2 Å². The van der Waals surface area contributed by atoms with Crippen LogP contribution in [-0.2, 0) is 0 Å². The Kier molecular flexibility index (Phi) is 4.98. The van der Waals surface area contributed by atoms with Crippen LogP contribution in [0.15, 0.2) is 30.5 Å². The molecule has 21 heavy (non-hydrogen) atoms. The van der Waals surface area contributed by atoms with Crippen LogP contribution in [0.4, 0.5) is 15.9 Å². The van der Waals surface area contributed by atoms with Gasteiger partial charge in [0.1, 0.15) is 11.6 Å². The number of para-hydroxylation sites is 1. The van der Waals surface area contributed by atoms with Gasteiger partial charge in [-0.15, -0.1) is 0 Å². The molecule has 0 aliphatic heterocycles. The molecule has 1 heterocycles. The zero-order chi connectivity index (χ0) is 15.4. The first-order chi connectivity index (χ1) is 10.0. The van der Waals surface area contributed by atoms with Crippen LogP contribution in [0.1, 0.15) is 17.3 Å². The number of rotatable bonds is 4. The highest BCUT2D eigenvalue weighted by molar-refractivity contribution is 6.36. The second kappa shape index (κ2) is 6.74. The topological polar surface area (TPSA) is 54.0 Å². The lowest BCUT2D eigenvalue weighted by Gasteiger charge is -2.10. The van der Waals surface area contributed by atoms with E-state index in [9.17, 15) is 9.18 Å². The smallest absolute Gasteiger partial charge is 0.257 e. The molecule has 0 spiro atoms. The zero-order valence-electron chi connectivity index (χ0n) is 11.1. The third-order valence-corrected chi connectivity index (χ3v) is 3.28. The molecule has 0 saturated heterocycles. The van der Waals surface area contributed by atoms with Crippen LogP contribution < -0.4 is 10.6 Å². The molecule has 0 unspecified atom stereocenters. The lowest BCUT2D eigenvalue weighted by molar-refractivity contribution is 0.102. The Morgan fingerprint density at radius 1 is 1.33 bits per heavy atom. The van der Waals surface area contributed by atoms with Gasteiger partial charge >= 0.3 is 0 Å². The van der Waals surface area contributed by atoms with Gasteiger partial charge in [0, 0.05) is 12.7 Å². The first-order valence-electron chi connectivity index (χ1n) is 6.17. The largest absolute Gasteiger partial charge is 0.370 e. The summed E-state index contributed by atoms with van der Waals surface area (Å²) in [6.45, 7) is 2.55. The molecular formula is C14H12Cl2FN3O. The third-order valence-electron chi connectivity index (χ3n) is 2.66. The number of pyridine rings is 1. The zero-order valence-corrected chi connectivity index (χ0v) is 12.6. The molecule has 110 valence electrons. The molecule has 2 N–H and O–H groups in total. The Morgan fingerprint density at radius 2 is 2.10 bits per heavy atom. The summed E-state index contributed by atoms with van der Waals surface area (Å²) >= 11 is 11.8. The van der Waals surface area contributed by atoms with Crippen LogP contribution >= 0.6 is 23.2 Å². The van der Waals surface area contributed by atoms with E-state index in [0.29, 0.717) is 12.4 Å². The van der Waals surface area contributed by atoms with Crippen LogP contribution in [0, 0.1) is 5.82 Å². The van der Waals surface area contributed by atoms with E-state index in [1.807, 2.05) is 6.92 Å². The van der Waals surface area contributed by atoms with Gasteiger partial charge < -0.3 is 10.6 Å². The SMILES string of the molecule is CCNc1cc(C(=O)Nc2c(F)cccc2Cl)c(Cl)cn1. The molecule has 4 nitrogen and oxygen atoms in total. The van der Waals surface area contributed by atoms with Crippen molar-refractivity contribution in [3.05, 3.63) is 51.9 Å². The van der Waals surface area contributed by atoms with Crippen LogP contribution in [-0.4, -0.2) is 17.4 Å². The lowest BCUT2D eigenvalue weighted by atomic mass is 10.2. The van der Waals surface area contributed by atoms with E-state index >= 15 is 0 Å². The van der Waals surface area contributed by atoms with Gasteiger partial charge in [-0.05, 0) is 25.1 Å². The standard InChI is InChI=1S/C14H12Cl2FN3O/c1-2-18-12-6-8(10(16)7-19-12)14(21)20-13-9(15)4-3-5-11(13)17/h3-7H,2H2,1H3,(H,18,19)(H,20,21). The van der Waals surface area contributed by atoms with Crippen molar-refractivity contribution in [1.82, 2.24) is 4.98 Å². The van der Waals surface area contributed by atoms with Crippen molar-refractivity contribution in [1.29, 1.82) is 0 Å². The van der Waals surface area contributed by atoms with E-state index in [-0.39, 0.29) is 21.3 Å². The third kappa shape index (κ3) is 3.62. The van der Waals surface area contributed by atoms with Gasteiger partial charge in [0.15, 0.2) is 0 Å². The Balaban J connectivity index is 2.30. The second-order valence-corrected chi connectivity index (χ2v) is 4.94. The number of amides is 1. The van der Waals surface area contributed by atoms with E-state index in [1.165, 1.54) is 30.5 Å². The average Bonchev–Trinajstić information content (AvgIpc) is 2.45. The van der Waals surface area contributed by atoms with E-state index in [2.05, 4.69) is 15.6 Å². The van der Waals surface area contributed by atoms with E-state index in [0.717, 1.165) is 0 Å². The van der Waals surface area contributed by atoms with Crippen molar-refractivity contribution < 1.29 is 9.18 Å². The molecule has 1 amide bonds. The number of halogens is 3. The molecule has 0 aliphatic carbocycles. The van der Waals surface area contributed by atoms with E-state index in [4.69, 9.17) is 23.2 Å². The minimum absolute atomic E-state index is 0.0814. The number of nitrogens with one attached hydrogen (secondary N) is 2. The first-order valence-corrected chi connectivity index (χ1v) is 6.93. The van der Waals surface area contributed by atoms with Gasteiger partial charge in [-0.1, -0.05) is 29.3 Å². The fraction of sp³-hybridized carbons (Fsp3) is 0.143. The van der Waals surface area contributed by atoms with Crippen LogP contribution in [0.25, 0.3) is 0 Å². The first kappa shape index (κ1) is 15.5. The molecule has 0 fully saturated rings. The van der Waals surface area contributed by atoms with Crippen molar-refractivity contribution in [2.24, 2.45) is 0 Å². The normalized spacial score (nSPS) is 10.3. The molecule has 7 heteroatoms. The average molecular weight is 328 g/mol. The summed E-state index contributed by atoms with van der Waals surface area (Å²) in [6.07, 6.45) is 1.36. The predicted molar refractivity (Wildman–Crippen MR) is 82.8 cm³/mol. The van der Waals surface area contributed by atoms with Crippen molar-refractivity contribution in [3.63, 3.8) is 0 Å². The minimum atomic E-state index is -0.618. The van der Waals surface area contributed by atoms with Crippen LogP contribution in [0.5, 0.6) is 0 Å². The molecule has 1 aromatic heterocycles. The Morgan fingerprint density at radius 3 is 2.76 bits per heavy atom. The highest BCUT2D eigenvalue weighted by Gasteiger charge is 2.16. The summed E-state index contributed by atoms with van der Waals surface area (Å²) in [7, 11) is 0. The predicted octanol–water partition coefficient (Wildman–Crippen LogP) is 4.21. The van der Waals surface area contributed by atoms with Gasteiger partial charge in [0.25, 0.3) is 5.91 Å². The summed E-state index contributed by atoms with van der Waals surface area (Å²) in [5.74, 6) is -0.673. The molecule has 0 radical (unpaired) electrons. The Labute approximate surface area is 131 Å². The molecular weight excluding hydrogens is 316 g/mol. The van der Waals surface area contributed by atoms with Crippen LogP contribution in [0.2, 0.25) is 10.0 Å². The van der Waals surface area contributed by atoms with Gasteiger partial charge in [-0.25, -0.2) is 9.37 Å². The highest BCUT2D eigenvalue weighted by Crippen LogP contribution is 2.26. The summed E-state index contributed by atoms with van der Waals surface area (Å²) in [4.78, 5) is 16.2. The Hall–Kier alpha value is -1.85. The molecule has 2 rings (SSSR count). The van der Waals surface area contributed by atoms with E-state index in [1.54, 1.807) is 0 Å². The summed E-state index contributed by atoms with van der Waals surface area (Å²) in [6, 6.07) is 5.64. The number of anilines is 2. The molecule has 0 bridgehead atoms. The van der Waals surface area contributed by atoms with Gasteiger partial charge in [-0.3, -0.25) is 4.79 Å². The fourth-order valence-electron chi connectivity index (χ4n) is 1.69. The second-order valence-electron chi connectivity index (χ2n) is 4.13. The van der Waals surface area contributed by atoms with Crippen molar-refractivity contribution in [3.8, 4) is 0 Å². The number of carbonyl (C=O) groups is 1. The van der Waals surface area contributed by atoms with Crippen LogP contribution in [0.3, 0.4) is 0 Å². The number of hydrogen-bond donors (Lipinski definition) is 2. The minimum Gasteiger partial charge on any atom is -0.370 e. The maximum Gasteiger partial charge on any atom is 0.257 e. The van der Waals surface area contributed by atoms with Crippen molar-refractivity contribution in [2.45, 2.75) is 6.92 Å². The molecule has 0 aliphatic rings. The molecule has 0 atom stereocenters. The molecule has 1 aromatic carbocycles. The highest BCUT2D eigenvalue weighted by atomic mass is 35.5.